The molecular formula is C19H24N2O2S. The van der Waals surface area contributed by atoms with Crippen LogP contribution in [0.3, 0.4) is 0 Å². The average Bonchev–Trinajstić information content (AvgIpc) is 3.00. The van der Waals surface area contributed by atoms with Crippen molar-refractivity contribution in [1.82, 2.24) is 9.88 Å². The Morgan fingerprint density at radius 3 is 2.71 bits per heavy atom. The Kier molecular flexibility index (Phi) is 5.31. The lowest BCUT2D eigenvalue weighted by Crippen LogP contribution is -2.49. The Labute approximate surface area is 147 Å². The molecule has 0 aliphatic carbocycles. The van der Waals surface area contributed by atoms with Crippen molar-refractivity contribution in [3.05, 3.63) is 52.0 Å². The van der Waals surface area contributed by atoms with Crippen LogP contribution in [-0.4, -0.2) is 35.0 Å². The molecule has 3 rings (SSSR count). The number of morpholine rings is 1. The lowest BCUT2D eigenvalue weighted by Gasteiger charge is -2.40. The second kappa shape index (κ2) is 7.45. The van der Waals surface area contributed by atoms with Crippen LogP contribution < -0.4 is 0 Å². The van der Waals surface area contributed by atoms with Crippen LogP contribution in [0.15, 0.2) is 35.7 Å². The van der Waals surface area contributed by atoms with Crippen LogP contribution >= 0.6 is 11.3 Å². The molecule has 1 saturated heterocycles. The van der Waals surface area contributed by atoms with Gasteiger partial charge in [-0.2, -0.15) is 0 Å². The first kappa shape index (κ1) is 17.1. The highest BCUT2D eigenvalue weighted by molar-refractivity contribution is 7.09. The number of rotatable bonds is 4. The first-order chi connectivity index (χ1) is 11.5. The highest BCUT2D eigenvalue weighted by Crippen LogP contribution is 2.28. The van der Waals surface area contributed by atoms with Gasteiger partial charge in [0.05, 0.1) is 29.8 Å². The van der Waals surface area contributed by atoms with Gasteiger partial charge in [-0.05, 0) is 18.4 Å². The van der Waals surface area contributed by atoms with Crippen LogP contribution in [0, 0.1) is 12.8 Å². The Morgan fingerprint density at radius 1 is 1.33 bits per heavy atom. The van der Waals surface area contributed by atoms with E-state index < -0.39 is 0 Å². The second-order valence-corrected chi connectivity index (χ2v) is 7.71. The summed E-state index contributed by atoms with van der Waals surface area (Å²) in [4.78, 5) is 19.1. The van der Waals surface area contributed by atoms with E-state index in [1.54, 1.807) is 11.3 Å². The van der Waals surface area contributed by atoms with Gasteiger partial charge < -0.3 is 9.64 Å². The van der Waals surface area contributed by atoms with Gasteiger partial charge in [-0.25, -0.2) is 4.98 Å². The van der Waals surface area contributed by atoms with Crippen LogP contribution in [0.1, 0.15) is 36.2 Å². The quantitative estimate of drug-likeness (QED) is 0.851. The molecule has 1 amide bonds. The SMILES string of the molecule is Cc1nc(CC(=O)N2C[C@@H](c3ccccc3)O[C@@H](C(C)C)C2)cs1. The van der Waals surface area contributed by atoms with Crippen molar-refractivity contribution in [2.75, 3.05) is 13.1 Å². The van der Waals surface area contributed by atoms with Crippen LogP contribution in [0.25, 0.3) is 0 Å². The maximum absolute atomic E-state index is 12.8. The molecule has 24 heavy (non-hydrogen) atoms. The molecule has 2 heterocycles. The van der Waals surface area contributed by atoms with Crippen LogP contribution in [0.2, 0.25) is 0 Å². The van der Waals surface area contributed by atoms with E-state index in [9.17, 15) is 4.79 Å². The van der Waals surface area contributed by atoms with E-state index in [0.717, 1.165) is 16.3 Å². The number of nitrogens with zero attached hydrogens (tertiary/aromatic N) is 2. The minimum atomic E-state index is -0.0616. The minimum absolute atomic E-state index is 0.0603. The van der Waals surface area contributed by atoms with Crippen LogP contribution in [-0.2, 0) is 16.0 Å². The smallest absolute Gasteiger partial charge is 0.228 e. The zero-order valence-electron chi connectivity index (χ0n) is 14.4. The number of thiazole rings is 1. The standard InChI is InChI=1S/C19H24N2O2S/c1-13(2)17-10-21(19(22)9-16-12-24-14(3)20-16)11-18(23-17)15-7-5-4-6-8-15/h4-8,12-13,17-18H,9-11H2,1-3H3/t17-,18+/m1/s1. The molecule has 1 aliphatic rings. The van der Waals surface area contributed by atoms with Crippen LogP contribution in [0.4, 0.5) is 0 Å². The highest BCUT2D eigenvalue weighted by Gasteiger charge is 2.32. The van der Waals surface area contributed by atoms with Gasteiger partial charge in [-0.1, -0.05) is 44.2 Å². The molecule has 1 fully saturated rings. The van der Waals surface area contributed by atoms with E-state index >= 15 is 0 Å². The van der Waals surface area contributed by atoms with Gasteiger partial charge in [0.1, 0.15) is 6.10 Å². The first-order valence-electron chi connectivity index (χ1n) is 8.42. The normalized spacial score (nSPS) is 21.2. The Morgan fingerprint density at radius 2 is 2.08 bits per heavy atom. The van der Waals surface area contributed by atoms with Gasteiger partial charge in [-0.15, -0.1) is 11.3 Å². The number of aromatic nitrogens is 1. The molecule has 0 spiro atoms. The molecule has 2 atom stereocenters. The Balaban J connectivity index is 1.74. The molecule has 1 aromatic carbocycles. The van der Waals surface area contributed by atoms with Gasteiger partial charge in [0.15, 0.2) is 0 Å². The predicted octanol–water partition coefficient (Wildman–Crippen LogP) is 3.62. The molecule has 0 saturated carbocycles. The summed E-state index contributed by atoms with van der Waals surface area (Å²) in [6.07, 6.45) is 0.370. The summed E-state index contributed by atoms with van der Waals surface area (Å²) in [5, 5.41) is 2.98. The van der Waals surface area contributed by atoms with E-state index in [4.69, 9.17) is 4.74 Å². The monoisotopic (exact) mass is 344 g/mol. The zero-order valence-corrected chi connectivity index (χ0v) is 15.3. The van der Waals surface area contributed by atoms with E-state index in [-0.39, 0.29) is 18.1 Å². The van der Waals surface area contributed by atoms with Crippen LogP contribution in [0.5, 0.6) is 0 Å². The fourth-order valence-corrected chi connectivity index (χ4v) is 3.58. The molecule has 128 valence electrons. The lowest BCUT2D eigenvalue weighted by atomic mass is 10.0. The maximum atomic E-state index is 12.8. The number of hydrogen-bond acceptors (Lipinski definition) is 4. The van der Waals surface area contributed by atoms with Crippen molar-refractivity contribution in [2.24, 2.45) is 5.92 Å². The maximum Gasteiger partial charge on any atom is 0.228 e. The van der Waals surface area contributed by atoms with Crippen molar-refractivity contribution in [1.29, 1.82) is 0 Å². The number of ether oxygens (including phenoxy) is 1. The number of carbonyl (C=O) groups is 1. The molecule has 1 aliphatic heterocycles. The molecule has 0 unspecified atom stereocenters. The largest absolute Gasteiger partial charge is 0.366 e. The number of amides is 1. The molecule has 5 heteroatoms. The number of hydrogen-bond donors (Lipinski definition) is 0. The third kappa shape index (κ3) is 4.02. The molecule has 0 radical (unpaired) electrons. The van der Waals surface area contributed by atoms with E-state index in [1.165, 1.54) is 0 Å². The number of aryl methyl sites for hydroxylation is 1. The molecular weight excluding hydrogens is 320 g/mol. The number of benzene rings is 1. The fraction of sp³-hybridized carbons (Fsp3) is 0.474. The molecule has 1 aromatic heterocycles. The average molecular weight is 344 g/mol. The van der Waals surface area contributed by atoms with E-state index in [1.807, 2.05) is 35.4 Å². The Bertz CT molecular complexity index is 684. The van der Waals surface area contributed by atoms with Gasteiger partial charge in [-0.3, -0.25) is 4.79 Å². The predicted molar refractivity (Wildman–Crippen MR) is 96.0 cm³/mol. The summed E-state index contributed by atoms with van der Waals surface area (Å²) in [6, 6.07) is 10.2. The van der Waals surface area contributed by atoms with Crippen molar-refractivity contribution in [2.45, 2.75) is 39.4 Å². The van der Waals surface area contributed by atoms with Crippen molar-refractivity contribution in [3.8, 4) is 0 Å². The van der Waals surface area contributed by atoms with Gasteiger partial charge >= 0.3 is 0 Å². The molecule has 2 aromatic rings. The van der Waals surface area contributed by atoms with Gasteiger partial charge in [0, 0.05) is 11.9 Å². The summed E-state index contributed by atoms with van der Waals surface area (Å²) in [7, 11) is 0. The molecule has 4 nitrogen and oxygen atoms in total. The molecule has 0 bridgehead atoms. The van der Waals surface area contributed by atoms with Crippen molar-refractivity contribution >= 4 is 17.2 Å². The van der Waals surface area contributed by atoms with E-state index in [0.29, 0.717) is 25.4 Å². The summed E-state index contributed by atoms with van der Waals surface area (Å²) in [5.74, 6) is 0.503. The summed E-state index contributed by atoms with van der Waals surface area (Å²) >= 11 is 1.59. The Hall–Kier alpha value is -1.72. The third-order valence-electron chi connectivity index (χ3n) is 4.39. The summed E-state index contributed by atoms with van der Waals surface area (Å²) in [5.41, 5.74) is 2.00. The highest BCUT2D eigenvalue weighted by atomic mass is 32.1. The fourth-order valence-electron chi connectivity index (χ4n) is 2.97. The second-order valence-electron chi connectivity index (χ2n) is 6.65. The summed E-state index contributed by atoms with van der Waals surface area (Å²) in [6.45, 7) is 7.51. The van der Waals surface area contributed by atoms with Gasteiger partial charge in [0.2, 0.25) is 5.91 Å². The van der Waals surface area contributed by atoms with Gasteiger partial charge in [0.25, 0.3) is 0 Å². The summed E-state index contributed by atoms with van der Waals surface area (Å²) < 4.78 is 6.26. The third-order valence-corrected chi connectivity index (χ3v) is 5.21. The topological polar surface area (TPSA) is 42.4 Å². The minimum Gasteiger partial charge on any atom is -0.366 e. The van der Waals surface area contributed by atoms with Crippen molar-refractivity contribution in [3.63, 3.8) is 0 Å². The van der Waals surface area contributed by atoms with Crippen molar-refractivity contribution < 1.29 is 9.53 Å². The molecule has 0 N–H and O–H groups in total. The number of carbonyl (C=O) groups excluding carboxylic acids is 1. The van der Waals surface area contributed by atoms with E-state index in [2.05, 4.69) is 31.0 Å². The zero-order chi connectivity index (χ0) is 17.1. The first-order valence-corrected chi connectivity index (χ1v) is 9.30. The lowest BCUT2D eigenvalue weighted by molar-refractivity contribution is -0.149.